The van der Waals surface area contributed by atoms with E-state index < -0.39 is 0 Å². The number of piperidine rings is 1. The van der Waals surface area contributed by atoms with Crippen LogP contribution in [0.4, 0.5) is 0 Å². The maximum Gasteiger partial charge on any atom is 0.161 e. The predicted molar refractivity (Wildman–Crippen MR) is 94.8 cm³/mol. The molecule has 1 aromatic rings. The number of rotatable bonds is 1. The van der Waals surface area contributed by atoms with Crippen LogP contribution in [-0.4, -0.2) is 42.5 Å². The van der Waals surface area contributed by atoms with Crippen molar-refractivity contribution < 1.29 is 14.6 Å². The lowest BCUT2D eigenvalue weighted by molar-refractivity contribution is -0.126. The highest BCUT2D eigenvalue weighted by atomic mass is 16.5. The van der Waals surface area contributed by atoms with E-state index in [2.05, 4.69) is 18.0 Å². The number of likely N-dealkylation sites (N-methyl/N-ethyl adjacent to an activating group) is 1. The van der Waals surface area contributed by atoms with Crippen molar-refractivity contribution in [1.82, 2.24) is 4.90 Å². The van der Waals surface area contributed by atoms with E-state index in [1.165, 1.54) is 5.56 Å². The molecule has 24 heavy (non-hydrogen) atoms. The predicted octanol–water partition coefficient (Wildman–Crippen LogP) is 3.29. The molecule has 0 spiro atoms. The minimum Gasteiger partial charge on any atom is -0.504 e. The maximum atomic E-state index is 12.2. The van der Waals surface area contributed by atoms with Crippen LogP contribution in [0.25, 0.3) is 0 Å². The summed E-state index contributed by atoms with van der Waals surface area (Å²) < 4.78 is 5.33. The summed E-state index contributed by atoms with van der Waals surface area (Å²) in [5, 5.41) is 10.8. The van der Waals surface area contributed by atoms with Crippen molar-refractivity contribution in [3.05, 3.63) is 23.3 Å². The first-order valence-electron chi connectivity index (χ1n) is 9.18. The van der Waals surface area contributed by atoms with Gasteiger partial charge in [-0.3, -0.25) is 4.79 Å². The minimum atomic E-state index is -0.182. The molecule has 0 radical (unpaired) electrons. The number of phenolic OH excluding ortho intramolecular Hbond substituents is 1. The number of fused-ring (bicyclic) bond motifs is 1. The lowest BCUT2D eigenvalue weighted by Gasteiger charge is -2.58. The number of hydrogen-bond acceptors (Lipinski definition) is 4. The van der Waals surface area contributed by atoms with Crippen molar-refractivity contribution in [3.63, 3.8) is 0 Å². The molecule has 2 unspecified atom stereocenters. The summed E-state index contributed by atoms with van der Waals surface area (Å²) in [5.74, 6) is 1.61. The Bertz CT molecular complexity index is 642. The quantitative estimate of drug-likeness (QED) is 0.858. The smallest absolute Gasteiger partial charge is 0.161 e. The molecule has 0 amide bonds. The molecule has 1 N–H and O–H groups in total. The molecular weight excluding hydrogens is 302 g/mol. The second-order valence-electron chi connectivity index (χ2n) is 7.17. The van der Waals surface area contributed by atoms with E-state index in [1.54, 1.807) is 7.11 Å². The normalized spacial score (nSPS) is 31.4. The number of methoxy groups -OCH3 is 1. The lowest BCUT2D eigenvalue weighted by atomic mass is 9.52. The topological polar surface area (TPSA) is 49.8 Å². The molecule has 3 atom stereocenters. The standard InChI is InChI=1S/C18H23NO3.C2H6/c1-19-8-7-18-10-12(20)4-5-13(18)14(19)9-11-3-6-15(22-2)17(21)16(11)18;1-2/h3,6,13-14,21H,4-5,7-10H2,1-2H3;1-2H3/t13?,14?,18-;/m1./s1. The van der Waals surface area contributed by atoms with E-state index in [1.807, 2.05) is 19.9 Å². The molecule has 4 heteroatoms. The molecule has 4 nitrogen and oxygen atoms in total. The Morgan fingerprint density at radius 3 is 2.79 bits per heavy atom. The number of nitrogens with zero attached hydrogens (tertiary/aromatic N) is 1. The highest BCUT2D eigenvalue weighted by Gasteiger charge is 2.56. The summed E-state index contributed by atoms with van der Waals surface area (Å²) in [4.78, 5) is 14.7. The number of ether oxygens (including phenoxy) is 1. The number of carbonyl (C=O) groups is 1. The van der Waals surface area contributed by atoms with E-state index in [0.717, 1.165) is 31.4 Å². The van der Waals surface area contributed by atoms with Crippen molar-refractivity contribution in [2.75, 3.05) is 20.7 Å². The summed E-state index contributed by atoms with van der Waals surface area (Å²) in [6, 6.07) is 4.42. The average Bonchev–Trinajstić information content (AvgIpc) is 2.59. The van der Waals surface area contributed by atoms with Crippen LogP contribution >= 0.6 is 0 Å². The largest absolute Gasteiger partial charge is 0.504 e. The van der Waals surface area contributed by atoms with Gasteiger partial charge in [0.2, 0.25) is 0 Å². The number of aromatic hydroxyl groups is 1. The number of hydrogen-bond donors (Lipinski definition) is 1. The zero-order valence-electron chi connectivity index (χ0n) is 15.3. The fourth-order valence-electron chi connectivity index (χ4n) is 5.27. The molecule has 2 fully saturated rings. The summed E-state index contributed by atoms with van der Waals surface area (Å²) in [7, 11) is 3.78. The molecule has 1 aromatic carbocycles. The fraction of sp³-hybridized carbons (Fsp3) is 0.650. The second-order valence-corrected chi connectivity index (χ2v) is 7.17. The number of benzene rings is 1. The molecule has 3 aliphatic rings. The van der Waals surface area contributed by atoms with Crippen LogP contribution in [0.2, 0.25) is 0 Å². The number of carbonyl (C=O) groups excluding carboxylic acids is 1. The van der Waals surface area contributed by atoms with E-state index in [0.29, 0.717) is 36.3 Å². The third kappa shape index (κ3) is 2.34. The first-order chi connectivity index (χ1) is 11.6. The summed E-state index contributed by atoms with van der Waals surface area (Å²) in [5.41, 5.74) is 2.02. The highest BCUT2D eigenvalue weighted by molar-refractivity contribution is 5.82. The van der Waals surface area contributed by atoms with Gasteiger partial charge in [-0.25, -0.2) is 0 Å². The Kier molecular flexibility index (Phi) is 4.60. The molecule has 1 heterocycles. The van der Waals surface area contributed by atoms with Crippen molar-refractivity contribution in [1.29, 1.82) is 0 Å². The Hall–Kier alpha value is -1.55. The molecule has 0 aromatic heterocycles. The Morgan fingerprint density at radius 2 is 2.08 bits per heavy atom. The third-order valence-corrected chi connectivity index (χ3v) is 6.27. The van der Waals surface area contributed by atoms with Gasteiger partial charge in [-0.2, -0.15) is 0 Å². The number of phenols is 1. The van der Waals surface area contributed by atoms with Crippen LogP contribution in [0.15, 0.2) is 12.1 Å². The van der Waals surface area contributed by atoms with Gasteiger partial charge in [0.25, 0.3) is 0 Å². The third-order valence-electron chi connectivity index (χ3n) is 6.27. The highest BCUT2D eigenvalue weighted by Crippen LogP contribution is 2.58. The molecular formula is C20H29NO3. The summed E-state index contributed by atoms with van der Waals surface area (Å²) in [6.45, 7) is 4.99. The van der Waals surface area contributed by atoms with Crippen LogP contribution in [-0.2, 0) is 16.6 Å². The number of likely N-dealkylation sites (tertiary alicyclic amines) is 1. The monoisotopic (exact) mass is 331 g/mol. The molecule has 2 aliphatic carbocycles. The van der Waals surface area contributed by atoms with Crippen LogP contribution < -0.4 is 4.74 Å². The molecule has 132 valence electrons. The van der Waals surface area contributed by atoms with E-state index >= 15 is 0 Å². The van der Waals surface area contributed by atoms with Crippen molar-refractivity contribution >= 4 is 5.78 Å². The zero-order valence-corrected chi connectivity index (χ0v) is 15.3. The Morgan fingerprint density at radius 1 is 1.33 bits per heavy atom. The molecule has 1 aliphatic heterocycles. The second kappa shape index (κ2) is 6.40. The molecule has 1 saturated heterocycles. The number of ketones is 1. The molecule has 1 saturated carbocycles. The average molecular weight is 331 g/mol. The summed E-state index contributed by atoms with van der Waals surface area (Å²) >= 11 is 0. The van der Waals surface area contributed by atoms with Crippen LogP contribution in [0.3, 0.4) is 0 Å². The van der Waals surface area contributed by atoms with Crippen LogP contribution in [0.1, 0.15) is 50.7 Å². The minimum absolute atomic E-state index is 0.182. The van der Waals surface area contributed by atoms with E-state index in [9.17, 15) is 9.90 Å². The van der Waals surface area contributed by atoms with Gasteiger partial charge in [0.1, 0.15) is 5.78 Å². The molecule has 2 bridgehead atoms. The first kappa shape index (κ1) is 17.3. The zero-order chi connectivity index (χ0) is 17.5. The van der Waals surface area contributed by atoms with Crippen molar-refractivity contribution in [2.45, 2.75) is 57.4 Å². The maximum absolute atomic E-state index is 12.2. The first-order valence-corrected chi connectivity index (χ1v) is 9.18. The van der Waals surface area contributed by atoms with E-state index in [4.69, 9.17) is 4.74 Å². The van der Waals surface area contributed by atoms with Gasteiger partial charge in [0, 0.05) is 29.9 Å². The van der Waals surface area contributed by atoms with Crippen LogP contribution in [0.5, 0.6) is 11.5 Å². The van der Waals surface area contributed by atoms with Gasteiger partial charge in [-0.15, -0.1) is 0 Å². The van der Waals surface area contributed by atoms with Gasteiger partial charge in [-0.1, -0.05) is 19.9 Å². The Labute approximate surface area is 144 Å². The van der Waals surface area contributed by atoms with Gasteiger partial charge < -0.3 is 14.7 Å². The van der Waals surface area contributed by atoms with E-state index in [-0.39, 0.29) is 11.2 Å². The van der Waals surface area contributed by atoms with Gasteiger partial charge in [0.05, 0.1) is 7.11 Å². The Balaban J connectivity index is 0.000000815. The van der Waals surface area contributed by atoms with Crippen LogP contribution in [0, 0.1) is 5.92 Å². The molecule has 4 rings (SSSR count). The fourth-order valence-corrected chi connectivity index (χ4v) is 5.27. The van der Waals surface area contributed by atoms with Gasteiger partial charge >= 0.3 is 0 Å². The number of Topliss-reactive ketones (excluding diaryl/α,β-unsaturated/α-hetero) is 1. The van der Waals surface area contributed by atoms with Gasteiger partial charge in [-0.05, 0) is 50.4 Å². The summed E-state index contributed by atoms with van der Waals surface area (Å²) in [6.07, 6.45) is 4.13. The van der Waals surface area contributed by atoms with Crippen molar-refractivity contribution in [2.24, 2.45) is 5.92 Å². The van der Waals surface area contributed by atoms with Gasteiger partial charge in [0.15, 0.2) is 11.5 Å². The lowest BCUT2D eigenvalue weighted by Crippen LogP contribution is -2.60. The SMILES string of the molecule is CC.COc1ccc2c(c1O)[C@@]13CCN(C)C(C2)C1CCC(=O)C3. The van der Waals surface area contributed by atoms with Crippen molar-refractivity contribution in [3.8, 4) is 11.5 Å².